The fourth-order valence-corrected chi connectivity index (χ4v) is 2.86. The minimum absolute atomic E-state index is 0.142. The van der Waals surface area contributed by atoms with Gasteiger partial charge in [-0.3, -0.25) is 14.8 Å². The molecule has 120 valence electrons. The number of amides is 1. The Morgan fingerprint density at radius 1 is 1.30 bits per heavy atom. The van der Waals surface area contributed by atoms with Crippen molar-refractivity contribution in [2.45, 2.75) is 32.1 Å². The highest BCUT2D eigenvalue weighted by molar-refractivity contribution is 6.33. The van der Waals surface area contributed by atoms with Crippen LogP contribution in [0.15, 0.2) is 36.7 Å². The maximum absolute atomic E-state index is 12.3. The molecule has 1 amide bonds. The maximum atomic E-state index is 12.3. The SMILES string of the molecule is Cc1cnc(C(CNC(=O)c2ccccc2Cl)CC2CC2)cn1. The fraction of sp³-hybridized carbons (Fsp3) is 0.389. The third-order valence-corrected chi connectivity index (χ3v) is 4.49. The second-order valence-corrected chi connectivity index (χ2v) is 6.56. The first-order chi connectivity index (χ1) is 11.1. The van der Waals surface area contributed by atoms with E-state index in [2.05, 4.69) is 15.3 Å². The van der Waals surface area contributed by atoms with Crippen LogP contribution in [0, 0.1) is 12.8 Å². The number of hydrogen-bond donors (Lipinski definition) is 1. The molecule has 1 aromatic carbocycles. The van der Waals surface area contributed by atoms with Gasteiger partial charge in [0.05, 0.1) is 22.0 Å². The van der Waals surface area contributed by atoms with Crippen LogP contribution >= 0.6 is 11.6 Å². The van der Waals surface area contributed by atoms with Gasteiger partial charge in [0.1, 0.15) is 0 Å². The lowest BCUT2D eigenvalue weighted by Crippen LogP contribution is -2.29. The Bertz CT molecular complexity index is 683. The molecule has 0 bridgehead atoms. The minimum Gasteiger partial charge on any atom is -0.351 e. The average molecular weight is 330 g/mol. The third-order valence-electron chi connectivity index (χ3n) is 4.16. The topological polar surface area (TPSA) is 54.9 Å². The standard InChI is InChI=1S/C18H20ClN3O/c1-12-9-21-17(11-20-12)14(8-13-6-7-13)10-22-18(23)15-4-2-3-5-16(15)19/h2-5,9,11,13-14H,6-8,10H2,1H3,(H,22,23). The van der Waals surface area contributed by atoms with Crippen molar-refractivity contribution in [2.24, 2.45) is 5.92 Å². The van der Waals surface area contributed by atoms with E-state index in [4.69, 9.17) is 11.6 Å². The van der Waals surface area contributed by atoms with Crippen LogP contribution in [0.5, 0.6) is 0 Å². The summed E-state index contributed by atoms with van der Waals surface area (Å²) in [6, 6.07) is 7.09. The first-order valence-electron chi connectivity index (χ1n) is 7.94. The fourth-order valence-electron chi connectivity index (χ4n) is 2.63. The number of carbonyl (C=O) groups excluding carboxylic acids is 1. The molecule has 0 saturated heterocycles. The van der Waals surface area contributed by atoms with Crippen LogP contribution in [0.4, 0.5) is 0 Å². The molecular formula is C18H20ClN3O. The van der Waals surface area contributed by atoms with Gasteiger partial charge in [-0.25, -0.2) is 0 Å². The Labute approximate surface area is 141 Å². The number of aromatic nitrogens is 2. The number of aryl methyl sites for hydroxylation is 1. The van der Waals surface area contributed by atoms with Crippen molar-refractivity contribution in [1.29, 1.82) is 0 Å². The quantitative estimate of drug-likeness (QED) is 0.878. The van der Waals surface area contributed by atoms with Gasteiger partial charge in [0.15, 0.2) is 0 Å². The number of halogens is 1. The Morgan fingerprint density at radius 3 is 2.74 bits per heavy atom. The van der Waals surface area contributed by atoms with Crippen molar-refractivity contribution in [3.8, 4) is 0 Å². The lowest BCUT2D eigenvalue weighted by molar-refractivity contribution is 0.0950. The second kappa shape index (κ2) is 7.09. The predicted molar refractivity (Wildman–Crippen MR) is 90.6 cm³/mol. The number of hydrogen-bond acceptors (Lipinski definition) is 3. The Morgan fingerprint density at radius 2 is 2.09 bits per heavy atom. The summed E-state index contributed by atoms with van der Waals surface area (Å²) < 4.78 is 0. The number of carbonyl (C=O) groups is 1. The van der Waals surface area contributed by atoms with Gasteiger partial charge < -0.3 is 5.32 Å². The molecule has 23 heavy (non-hydrogen) atoms. The zero-order valence-electron chi connectivity index (χ0n) is 13.1. The molecule has 4 nitrogen and oxygen atoms in total. The van der Waals surface area contributed by atoms with E-state index < -0.39 is 0 Å². The zero-order chi connectivity index (χ0) is 16.2. The summed E-state index contributed by atoms with van der Waals surface area (Å²) in [6.07, 6.45) is 7.19. The van der Waals surface area contributed by atoms with E-state index in [0.29, 0.717) is 17.1 Å². The summed E-state index contributed by atoms with van der Waals surface area (Å²) in [6.45, 7) is 2.48. The summed E-state index contributed by atoms with van der Waals surface area (Å²) in [5.41, 5.74) is 2.36. The molecule has 0 aliphatic heterocycles. The molecule has 1 saturated carbocycles. The summed E-state index contributed by atoms with van der Waals surface area (Å²) >= 11 is 6.08. The van der Waals surface area contributed by atoms with Crippen LogP contribution in [0.25, 0.3) is 0 Å². The molecule has 1 unspecified atom stereocenters. The molecule has 1 aliphatic carbocycles. The third kappa shape index (κ3) is 4.29. The molecule has 1 heterocycles. The summed E-state index contributed by atoms with van der Waals surface area (Å²) in [4.78, 5) is 21.1. The number of rotatable bonds is 6. The Hall–Kier alpha value is -1.94. The molecule has 2 aromatic rings. The van der Waals surface area contributed by atoms with Crippen molar-refractivity contribution in [3.63, 3.8) is 0 Å². The second-order valence-electron chi connectivity index (χ2n) is 6.15. The average Bonchev–Trinajstić information content (AvgIpc) is 3.36. The number of benzene rings is 1. The smallest absolute Gasteiger partial charge is 0.252 e. The number of nitrogens with one attached hydrogen (secondary N) is 1. The van der Waals surface area contributed by atoms with Gasteiger partial charge >= 0.3 is 0 Å². The molecule has 1 N–H and O–H groups in total. The van der Waals surface area contributed by atoms with Crippen LogP contribution in [0.3, 0.4) is 0 Å². The molecule has 3 rings (SSSR count). The largest absolute Gasteiger partial charge is 0.351 e. The summed E-state index contributed by atoms with van der Waals surface area (Å²) in [5, 5.41) is 3.47. The Balaban J connectivity index is 1.67. The molecule has 1 aromatic heterocycles. The maximum Gasteiger partial charge on any atom is 0.252 e. The van der Waals surface area contributed by atoms with Gasteiger partial charge in [-0.2, -0.15) is 0 Å². The summed E-state index contributed by atoms with van der Waals surface area (Å²) in [7, 11) is 0. The van der Waals surface area contributed by atoms with Gasteiger partial charge in [-0.15, -0.1) is 0 Å². The summed E-state index contributed by atoms with van der Waals surface area (Å²) in [5.74, 6) is 0.804. The molecule has 0 spiro atoms. The van der Waals surface area contributed by atoms with Crippen molar-refractivity contribution in [1.82, 2.24) is 15.3 Å². The number of nitrogens with zero attached hydrogens (tertiary/aromatic N) is 2. The van der Waals surface area contributed by atoms with E-state index in [1.807, 2.05) is 25.3 Å². The monoisotopic (exact) mass is 329 g/mol. The van der Waals surface area contributed by atoms with E-state index in [9.17, 15) is 4.79 Å². The molecule has 5 heteroatoms. The molecular weight excluding hydrogens is 310 g/mol. The minimum atomic E-state index is -0.142. The van der Waals surface area contributed by atoms with E-state index in [0.717, 1.165) is 23.7 Å². The van der Waals surface area contributed by atoms with Crippen LogP contribution in [0.2, 0.25) is 5.02 Å². The van der Waals surface area contributed by atoms with E-state index >= 15 is 0 Å². The van der Waals surface area contributed by atoms with Gasteiger partial charge in [-0.05, 0) is 31.4 Å². The van der Waals surface area contributed by atoms with Crippen LogP contribution in [0.1, 0.15) is 46.9 Å². The highest BCUT2D eigenvalue weighted by atomic mass is 35.5. The van der Waals surface area contributed by atoms with E-state index in [-0.39, 0.29) is 11.8 Å². The van der Waals surface area contributed by atoms with Crippen molar-refractivity contribution in [3.05, 3.63) is 58.6 Å². The molecule has 1 aliphatic rings. The molecule has 0 radical (unpaired) electrons. The van der Waals surface area contributed by atoms with Crippen molar-refractivity contribution < 1.29 is 4.79 Å². The highest BCUT2D eigenvalue weighted by Crippen LogP contribution is 2.37. The van der Waals surface area contributed by atoms with E-state index in [1.165, 1.54) is 12.8 Å². The zero-order valence-corrected chi connectivity index (χ0v) is 13.9. The van der Waals surface area contributed by atoms with Gasteiger partial charge in [0, 0.05) is 24.9 Å². The first-order valence-corrected chi connectivity index (χ1v) is 8.32. The van der Waals surface area contributed by atoms with Crippen LogP contribution in [-0.4, -0.2) is 22.4 Å². The molecule has 1 atom stereocenters. The molecule has 1 fully saturated rings. The van der Waals surface area contributed by atoms with Gasteiger partial charge in [-0.1, -0.05) is 36.6 Å². The predicted octanol–water partition coefficient (Wildman–Crippen LogP) is 3.75. The first kappa shape index (κ1) is 15.9. The Kier molecular flexibility index (Phi) is 4.91. The van der Waals surface area contributed by atoms with Crippen LogP contribution < -0.4 is 5.32 Å². The lowest BCUT2D eigenvalue weighted by atomic mass is 9.98. The van der Waals surface area contributed by atoms with E-state index in [1.54, 1.807) is 18.3 Å². The normalized spacial score (nSPS) is 15.2. The van der Waals surface area contributed by atoms with Crippen LogP contribution in [-0.2, 0) is 0 Å². The van der Waals surface area contributed by atoms with Crippen molar-refractivity contribution >= 4 is 17.5 Å². The lowest BCUT2D eigenvalue weighted by Gasteiger charge is -2.17. The van der Waals surface area contributed by atoms with Gasteiger partial charge in [0.2, 0.25) is 0 Å². The van der Waals surface area contributed by atoms with Gasteiger partial charge in [0.25, 0.3) is 5.91 Å². The highest BCUT2D eigenvalue weighted by Gasteiger charge is 2.27. The van der Waals surface area contributed by atoms with Crippen molar-refractivity contribution in [2.75, 3.05) is 6.54 Å².